The van der Waals surface area contributed by atoms with Gasteiger partial charge in [-0.05, 0) is 41.5 Å². The first-order valence-corrected chi connectivity index (χ1v) is 9.16. The first-order chi connectivity index (χ1) is 12.7. The van der Waals surface area contributed by atoms with E-state index in [-0.39, 0.29) is 31.8 Å². The maximum absolute atomic E-state index is 12.2. The van der Waals surface area contributed by atoms with Crippen LogP contribution in [0.25, 0.3) is 0 Å². The summed E-state index contributed by atoms with van der Waals surface area (Å²) >= 11 is 0. The van der Waals surface area contributed by atoms with E-state index in [2.05, 4.69) is 10.6 Å². The largest absolute Gasteiger partial charge is 0.480 e. The average Bonchev–Trinajstić information content (AvgIpc) is 2.87. The van der Waals surface area contributed by atoms with Gasteiger partial charge >= 0.3 is 18.2 Å². The van der Waals surface area contributed by atoms with Gasteiger partial charge in [0, 0.05) is 32.0 Å². The summed E-state index contributed by atoms with van der Waals surface area (Å²) in [6.07, 6.45) is -1.27. The smallest absolute Gasteiger partial charge is 0.411 e. The monoisotopic (exact) mass is 401 g/mol. The van der Waals surface area contributed by atoms with E-state index in [1.807, 2.05) is 0 Å². The van der Waals surface area contributed by atoms with Gasteiger partial charge in [-0.25, -0.2) is 14.4 Å². The Morgan fingerprint density at radius 3 is 2.11 bits per heavy atom. The Morgan fingerprint density at radius 2 is 1.61 bits per heavy atom. The van der Waals surface area contributed by atoms with Crippen LogP contribution in [0, 0.1) is 0 Å². The molecule has 3 N–H and O–H groups in total. The topological polar surface area (TPSA) is 134 Å². The molecule has 0 unspecified atom stereocenters. The van der Waals surface area contributed by atoms with E-state index in [9.17, 15) is 24.3 Å². The van der Waals surface area contributed by atoms with Crippen LogP contribution >= 0.6 is 0 Å². The van der Waals surface area contributed by atoms with Crippen molar-refractivity contribution in [1.82, 2.24) is 15.5 Å². The SMILES string of the molecule is CC(C)(C)OC(=O)NCCC(=O)N[C@H]1C[C@H](C(=O)O)N(C(=O)OC(C)(C)C)C1. The molecule has 0 radical (unpaired) electrons. The first-order valence-electron chi connectivity index (χ1n) is 9.16. The number of hydrogen-bond acceptors (Lipinski definition) is 6. The number of carbonyl (C=O) groups excluding carboxylic acids is 3. The van der Waals surface area contributed by atoms with Crippen LogP contribution in [-0.4, -0.2) is 70.4 Å². The van der Waals surface area contributed by atoms with Gasteiger partial charge in [0.05, 0.1) is 0 Å². The lowest BCUT2D eigenvalue weighted by Gasteiger charge is -2.26. The number of nitrogens with zero attached hydrogens (tertiary/aromatic N) is 1. The molecule has 10 nitrogen and oxygen atoms in total. The Balaban J connectivity index is 2.51. The molecule has 3 amide bonds. The van der Waals surface area contributed by atoms with Gasteiger partial charge in [0.15, 0.2) is 0 Å². The average molecular weight is 401 g/mol. The quantitative estimate of drug-likeness (QED) is 0.635. The molecule has 1 saturated heterocycles. The number of amides is 3. The molecule has 0 aromatic carbocycles. The second-order valence-electron chi connectivity index (χ2n) is 8.67. The number of carboxylic acid groups (broad SMARTS) is 1. The van der Waals surface area contributed by atoms with E-state index >= 15 is 0 Å². The first kappa shape index (κ1) is 23.5. The molecule has 1 fully saturated rings. The highest BCUT2D eigenvalue weighted by atomic mass is 16.6. The molecule has 160 valence electrons. The molecule has 1 rings (SSSR count). The summed E-state index contributed by atoms with van der Waals surface area (Å²) in [5.74, 6) is -1.52. The molecule has 2 atom stereocenters. The van der Waals surface area contributed by atoms with Crippen molar-refractivity contribution in [3.8, 4) is 0 Å². The van der Waals surface area contributed by atoms with Gasteiger partial charge in [-0.3, -0.25) is 9.69 Å². The number of likely N-dealkylation sites (tertiary alicyclic amines) is 1. The van der Waals surface area contributed by atoms with Gasteiger partial charge in [-0.1, -0.05) is 0 Å². The molecule has 0 saturated carbocycles. The zero-order valence-electron chi connectivity index (χ0n) is 17.3. The maximum atomic E-state index is 12.2. The van der Waals surface area contributed by atoms with Crippen LogP contribution in [0.2, 0.25) is 0 Å². The number of rotatable bonds is 5. The summed E-state index contributed by atoms with van der Waals surface area (Å²) in [5.41, 5.74) is -1.39. The zero-order chi connectivity index (χ0) is 21.7. The molecule has 10 heteroatoms. The van der Waals surface area contributed by atoms with Crippen LogP contribution in [-0.2, 0) is 19.1 Å². The highest BCUT2D eigenvalue weighted by Crippen LogP contribution is 2.21. The van der Waals surface area contributed by atoms with Crippen molar-refractivity contribution in [2.45, 2.75) is 77.7 Å². The lowest BCUT2D eigenvalue weighted by molar-refractivity contribution is -0.142. The highest BCUT2D eigenvalue weighted by molar-refractivity contribution is 5.82. The molecule has 0 aliphatic carbocycles. The summed E-state index contributed by atoms with van der Waals surface area (Å²) in [7, 11) is 0. The molecule has 0 aromatic heterocycles. The van der Waals surface area contributed by atoms with E-state index in [0.29, 0.717) is 0 Å². The van der Waals surface area contributed by atoms with Gasteiger partial charge in [0.25, 0.3) is 0 Å². The number of carboxylic acids is 1. The van der Waals surface area contributed by atoms with Crippen molar-refractivity contribution in [3.05, 3.63) is 0 Å². The van der Waals surface area contributed by atoms with Gasteiger partial charge in [0.1, 0.15) is 17.2 Å². The molecular formula is C18H31N3O7. The Bertz CT molecular complexity index is 607. The summed E-state index contributed by atoms with van der Waals surface area (Å²) < 4.78 is 10.3. The van der Waals surface area contributed by atoms with Crippen molar-refractivity contribution in [2.75, 3.05) is 13.1 Å². The third kappa shape index (κ3) is 8.45. The second-order valence-corrected chi connectivity index (χ2v) is 8.67. The Kier molecular flexibility index (Phi) is 7.66. The third-order valence-corrected chi connectivity index (χ3v) is 3.60. The molecule has 1 aliphatic heterocycles. The third-order valence-electron chi connectivity index (χ3n) is 3.60. The molecule has 28 heavy (non-hydrogen) atoms. The highest BCUT2D eigenvalue weighted by Gasteiger charge is 2.42. The fourth-order valence-electron chi connectivity index (χ4n) is 2.59. The van der Waals surface area contributed by atoms with Gasteiger partial charge in [-0.15, -0.1) is 0 Å². The minimum atomic E-state index is -1.16. The van der Waals surface area contributed by atoms with Crippen LogP contribution in [0.15, 0.2) is 0 Å². The normalized spacial score (nSPS) is 19.7. The van der Waals surface area contributed by atoms with Crippen LogP contribution in [0.3, 0.4) is 0 Å². The number of ether oxygens (including phenoxy) is 2. The number of hydrogen-bond donors (Lipinski definition) is 3. The van der Waals surface area contributed by atoms with Crippen molar-refractivity contribution in [1.29, 1.82) is 0 Å². The van der Waals surface area contributed by atoms with E-state index in [1.54, 1.807) is 41.5 Å². The van der Waals surface area contributed by atoms with Crippen molar-refractivity contribution >= 4 is 24.1 Å². The van der Waals surface area contributed by atoms with Crippen LogP contribution in [0.4, 0.5) is 9.59 Å². The molecule has 0 spiro atoms. The lowest BCUT2D eigenvalue weighted by atomic mass is 10.1. The molecule has 1 aliphatic rings. The van der Waals surface area contributed by atoms with Crippen LogP contribution in [0.1, 0.15) is 54.4 Å². The summed E-state index contributed by atoms with van der Waals surface area (Å²) in [4.78, 5) is 48.4. The van der Waals surface area contributed by atoms with Gasteiger partial charge in [-0.2, -0.15) is 0 Å². The minimum absolute atomic E-state index is 0.0000809. The van der Waals surface area contributed by atoms with E-state index in [4.69, 9.17) is 9.47 Å². The summed E-state index contributed by atoms with van der Waals surface area (Å²) in [6, 6.07) is -1.58. The number of aliphatic carboxylic acids is 1. The Hall–Kier alpha value is -2.52. The van der Waals surface area contributed by atoms with Gasteiger partial charge < -0.3 is 25.2 Å². The fourth-order valence-corrected chi connectivity index (χ4v) is 2.59. The Labute approximate surface area is 164 Å². The fraction of sp³-hybridized carbons (Fsp3) is 0.778. The molecule has 0 aromatic rings. The number of carbonyl (C=O) groups is 4. The van der Waals surface area contributed by atoms with Crippen molar-refractivity contribution in [2.24, 2.45) is 0 Å². The van der Waals surface area contributed by atoms with Crippen molar-refractivity contribution in [3.63, 3.8) is 0 Å². The van der Waals surface area contributed by atoms with E-state index in [0.717, 1.165) is 4.90 Å². The maximum Gasteiger partial charge on any atom is 0.411 e. The summed E-state index contributed by atoms with van der Waals surface area (Å²) in [5, 5.41) is 14.5. The predicted octanol–water partition coefficient (Wildman–Crippen LogP) is 1.48. The van der Waals surface area contributed by atoms with Gasteiger partial charge in [0.2, 0.25) is 5.91 Å². The number of alkyl carbamates (subject to hydrolysis) is 1. The van der Waals surface area contributed by atoms with Crippen molar-refractivity contribution < 1.29 is 33.8 Å². The van der Waals surface area contributed by atoms with Crippen LogP contribution < -0.4 is 10.6 Å². The lowest BCUT2D eigenvalue weighted by Crippen LogP contribution is -2.44. The van der Waals surface area contributed by atoms with Crippen LogP contribution in [0.5, 0.6) is 0 Å². The molecular weight excluding hydrogens is 370 g/mol. The summed E-state index contributed by atoms with van der Waals surface area (Å²) in [6.45, 7) is 10.4. The number of nitrogens with one attached hydrogen (secondary N) is 2. The van der Waals surface area contributed by atoms with E-state index < -0.39 is 41.4 Å². The zero-order valence-corrected chi connectivity index (χ0v) is 17.3. The molecule has 1 heterocycles. The Morgan fingerprint density at radius 1 is 1.04 bits per heavy atom. The predicted molar refractivity (Wildman–Crippen MR) is 99.8 cm³/mol. The standard InChI is InChI=1S/C18H31N3O7/c1-17(2,3)27-15(25)19-8-7-13(22)20-11-9-12(14(23)24)21(10-11)16(26)28-18(4,5)6/h11-12H,7-10H2,1-6H3,(H,19,25)(H,20,22)(H,23,24)/t11-,12+/m0/s1. The second kappa shape index (κ2) is 9.11. The minimum Gasteiger partial charge on any atom is -0.480 e. The van der Waals surface area contributed by atoms with E-state index in [1.165, 1.54) is 0 Å². The molecule has 0 bridgehead atoms.